The summed E-state index contributed by atoms with van der Waals surface area (Å²) in [5, 5.41) is 11.9. The fraction of sp³-hybridized carbons (Fsp3) is 0.786. The summed E-state index contributed by atoms with van der Waals surface area (Å²) in [4.78, 5) is 36.5. The van der Waals surface area contributed by atoms with E-state index in [0.717, 1.165) is 13.0 Å². The van der Waals surface area contributed by atoms with E-state index in [-0.39, 0.29) is 17.9 Å². The van der Waals surface area contributed by atoms with Crippen molar-refractivity contribution in [3.63, 3.8) is 0 Å². The number of nitrogens with one attached hydrogen (secondary N) is 1. The molecular weight excluding hydrogens is 260 g/mol. The molecule has 3 atom stereocenters. The van der Waals surface area contributed by atoms with Crippen LogP contribution in [0, 0.1) is 17.3 Å². The lowest BCUT2D eigenvalue weighted by Crippen LogP contribution is -2.43. The van der Waals surface area contributed by atoms with Gasteiger partial charge in [-0.3, -0.25) is 14.4 Å². The van der Waals surface area contributed by atoms with Gasteiger partial charge in [-0.1, -0.05) is 13.8 Å². The van der Waals surface area contributed by atoms with E-state index in [2.05, 4.69) is 5.32 Å². The lowest BCUT2D eigenvalue weighted by Gasteiger charge is -2.22. The zero-order valence-corrected chi connectivity index (χ0v) is 12.2. The molecule has 1 saturated carbocycles. The normalized spacial score (nSPS) is 29.1. The smallest absolute Gasteiger partial charge is 0.307 e. The number of carboxylic acid groups (broad SMARTS) is 1. The van der Waals surface area contributed by atoms with Crippen molar-refractivity contribution in [1.29, 1.82) is 0 Å². The molecule has 0 radical (unpaired) electrons. The van der Waals surface area contributed by atoms with Crippen molar-refractivity contribution < 1.29 is 19.5 Å². The molecule has 0 bridgehead atoms. The van der Waals surface area contributed by atoms with Gasteiger partial charge in [0.25, 0.3) is 0 Å². The standard InChI is InChI=1S/C14H22N2O4/c1-8(7-16-6-4-5-9(16)17)15-12(18)10-11(13(19)20)14(10,2)3/h8,10-11H,4-7H2,1-3H3,(H,15,18)(H,19,20). The van der Waals surface area contributed by atoms with Gasteiger partial charge in [-0.15, -0.1) is 0 Å². The Morgan fingerprint density at radius 3 is 2.55 bits per heavy atom. The lowest BCUT2D eigenvalue weighted by molar-refractivity contribution is -0.140. The van der Waals surface area contributed by atoms with E-state index in [0.29, 0.717) is 13.0 Å². The van der Waals surface area contributed by atoms with Crippen LogP contribution in [0.4, 0.5) is 0 Å². The van der Waals surface area contributed by atoms with Crippen LogP contribution in [-0.4, -0.2) is 46.9 Å². The molecule has 0 spiro atoms. The summed E-state index contributed by atoms with van der Waals surface area (Å²) in [6.07, 6.45) is 1.45. The monoisotopic (exact) mass is 282 g/mol. The Morgan fingerprint density at radius 1 is 1.45 bits per heavy atom. The Balaban J connectivity index is 1.86. The molecule has 20 heavy (non-hydrogen) atoms. The number of amides is 2. The molecule has 2 aliphatic rings. The second-order valence-corrected chi connectivity index (χ2v) is 6.47. The predicted octanol–water partition coefficient (Wildman–Crippen LogP) is 0.470. The van der Waals surface area contributed by atoms with Crippen molar-refractivity contribution in [2.24, 2.45) is 17.3 Å². The van der Waals surface area contributed by atoms with Crippen LogP contribution in [-0.2, 0) is 14.4 Å². The van der Waals surface area contributed by atoms with Gasteiger partial charge in [0.2, 0.25) is 11.8 Å². The highest BCUT2D eigenvalue weighted by atomic mass is 16.4. The van der Waals surface area contributed by atoms with Gasteiger partial charge in [-0.2, -0.15) is 0 Å². The number of nitrogens with zero attached hydrogens (tertiary/aromatic N) is 1. The maximum Gasteiger partial charge on any atom is 0.307 e. The average Bonchev–Trinajstić information content (AvgIpc) is 2.69. The molecule has 112 valence electrons. The van der Waals surface area contributed by atoms with Gasteiger partial charge in [0, 0.05) is 25.6 Å². The highest BCUT2D eigenvalue weighted by Gasteiger charge is 2.65. The maximum atomic E-state index is 12.1. The lowest BCUT2D eigenvalue weighted by atomic mass is 10.1. The average molecular weight is 282 g/mol. The first-order valence-corrected chi connectivity index (χ1v) is 7.06. The molecule has 0 aromatic rings. The quantitative estimate of drug-likeness (QED) is 0.767. The molecule has 6 heteroatoms. The summed E-state index contributed by atoms with van der Waals surface area (Å²) in [5.41, 5.74) is -0.487. The van der Waals surface area contributed by atoms with E-state index in [4.69, 9.17) is 5.11 Å². The first kappa shape index (κ1) is 14.8. The van der Waals surface area contributed by atoms with Crippen molar-refractivity contribution in [2.45, 2.75) is 39.7 Å². The Morgan fingerprint density at radius 2 is 2.10 bits per heavy atom. The van der Waals surface area contributed by atoms with E-state index in [9.17, 15) is 14.4 Å². The van der Waals surface area contributed by atoms with Crippen molar-refractivity contribution in [1.82, 2.24) is 10.2 Å². The zero-order valence-electron chi connectivity index (χ0n) is 12.2. The molecule has 2 amide bonds. The fourth-order valence-electron chi connectivity index (χ4n) is 3.19. The van der Waals surface area contributed by atoms with E-state index in [1.807, 2.05) is 6.92 Å². The first-order valence-electron chi connectivity index (χ1n) is 7.06. The van der Waals surface area contributed by atoms with Crippen LogP contribution in [0.1, 0.15) is 33.6 Å². The van der Waals surface area contributed by atoms with E-state index in [1.54, 1.807) is 18.7 Å². The molecule has 2 fully saturated rings. The Hall–Kier alpha value is -1.59. The predicted molar refractivity (Wildman–Crippen MR) is 71.8 cm³/mol. The molecular formula is C14H22N2O4. The Labute approximate surface area is 118 Å². The van der Waals surface area contributed by atoms with Crippen LogP contribution >= 0.6 is 0 Å². The Kier molecular flexibility index (Phi) is 3.75. The van der Waals surface area contributed by atoms with Crippen molar-refractivity contribution >= 4 is 17.8 Å². The second kappa shape index (κ2) is 5.07. The topological polar surface area (TPSA) is 86.7 Å². The minimum absolute atomic E-state index is 0.126. The third kappa shape index (κ3) is 2.64. The van der Waals surface area contributed by atoms with E-state index in [1.165, 1.54) is 0 Å². The summed E-state index contributed by atoms with van der Waals surface area (Å²) in [6, 6.07) is -0.157. The molecule has 6 nitrogen and oxygen atoms in total. The molecule has 1 aliphatic carbocycles. The van der Waals surface area contributed by atoms with Gasteiger partial charge in [0.05, 0.1) is 11.8 Å². The van der Waals surface area contributed by atoms with Crippen LogP contribution in [0.3, 0.4) is 0 Å². The van der Waals surface area contributed by atoms with Crippen molar-refractivity contribution in [3.05, 3.63) is 0 Å². The Bertz CT molecular complexity index is 446. The van der Waals surface area contributed by atoms with Crippen LogP contribution in [0.15, 0.2) is 0 Å². The number of aliphatic carboxylic acids is 1. The number of rotatable bonds is 5. The number of hydrogen-bond donors (Lipinski definition) is 2. The number of carboxylic acids is 1. The van der Waals surface area contributed by atoms with Gasteiger partial charge >= 0.3 is 5.97 Å². The van der Waals surface area contributed by atoms with Gasteiger partial charge in [0.15, 0.2) is 0 Å². The minimum atomic E-state index is -0.919. The highest BCUT2D eigenvalue weighted by Crippen LogP contribution is 2.58. The van der Waals surface area contributed by atoms with Crippen LogP contribution in [0.5, 0.6) is 0 Å². The van der Waals surface area contributed by atoms with Crippen LogP contribution < -0.4 is 5.32 Å². The second-order valence-electron chi connectivity index (χ2n) is 6.47. The molecule has 1 saturated heterocycles. The van der Waals surface area contributed by atoms with Crippen molar-refractivity contribution in [3.8, 4) is 0 Å². The largest absolute Gasteiger partial charge is 0.481 e. The molecule has 1 heterocycles. The summed E-state index contributed by atoms with van der Waals surface area (Å²) in [6.45, 7) is 6.67. The van der Waals surface area contributed by atoms with Gasteiger partial charge in [0.1, 0.15) is 0 Å². The molecule has 2 N–H and O–H groups in total. The van der Waals surface area contributed by atoms with Crippen molar-refractivity contribution in [2.75, 3.05) is 13.1 Å². The summed E-state index contributed by atoms with van der Waals surface area (Å²) < 4.78 is 0. The van der Waals surface area contributed by atoms with E-state index >= 15 is 0 Å². The molecule has 0 aromatic heterocycles. The molecule has 3 unspecified atom stereocenters. The van der Waals surface area contributed by atoms with Crippen LogP contribution in [0.2, 0.25) is 0 Å². The van der Waals surface area contributed by atoms with Crippen LogP contribution in [0.25, 0.3) is 0 Å². The third-order valence-electron chi connectivity index (χ3n) is 4.43. The SMILES string of the molecule is CC(CN1CCCC1=O)NC(=O)C1C(C(=O)O)C1(C)C. The number of carbonyl (C=O) groups excluding carboxylic acids is 2. The highest BCUT2D eigenvalue weighted by molar-refractivity contribution is 5.91. The summed E-state index contributed by atoms with van der Waals surface area (Å²) in [7, 11) is 0. The first-order chi connectivity index (χ1) is 9.25. The fourth-order valence-corrected chi connectivity index (χ4v) is 3.19. The number of hydrogen-bond acceptors (Lipinski definition) is 3. The van der Waals surface area contributed by atoms with E-state index < -0.39 is 23.2 Å². The number of carbonyl (C=O) groups is 3. The van der Waals surface area contributed by atoms with Gasteiger partial charge in [-0.25, -0.2) is 0 Å². The van der Waals surface area contributed by atoms with Gasteiger partial charge in [-0.05, 0) is 18.8 Å². The number of likely N-dealkylation sites (tertiary alicyclic amines) is 1. The molecule has 0 aromatic carbocycles. The molecule has 2 rings (SSSR count). The summed E-state index contributed by atoms with van der Waals surface area (Å²) >= 11 is 0. The minimum Gasteiger partial charge on any atom is -0.481 e. The zero-order chi connectivity index (χ0) is 15.1. The maximum absolute atomic E-state index is 12.1. The summed E-state index contributed by atoms with van der Waals surface area (Å²) in [5.74, 6) is -2.10. The third-order valence-corrected chi connectivity index (χ3v) is 4.43. The van der Waals surface area contributed by atoms with Gasteiger partial charge < -0.3 is 15.3 Å². The molecule has 1 aliphatic heterocycles.